The molecule has 0 bridgehead atoms. The molecule has 0 saturated carbocycles. The fraction of sp³-hybridized carbons (Fsp3) is 0.857. The second-order valence-electron chi connectivity index (χ2n) is 6.02. The number of nitrogens with zero attached hydrogens (tertiary/aromatic N) is 1. The number of aliphatic hydroxyl groups is 1. The largest absolute Gasteiger partial charge is 0.464 e. The Bertz CT molecular complexity index is 335. The number of rotatable bonds is 5. The van der Waals surface area contributed by atoms with Crippen molar-refractivity contribution < 1.29 is 24.2 Å². The first-order valence-electron chi connectivity index (χ1n) is 6.81. The van der Waals surface area contributed by atoms with Gasteiger partial charge in [-0.2, -0.15) is 0 Å². The van der Waals surface area contributed by atoms with Crippen molar-refractivity contribution in [3.63, 3.8) is 0 Å². The summed E-state index contributed by atoms with van der Waals surface area (Å²) in [5, 5.41) is 10.2. The molecule has 0 heterocycles. The Morgan fingerprint density at radius 3 is 2.10 bits per heavy atom. The predicted octanol–water partition coefficient (Wildman–Crippen LogP) is 1.80. The molecule has 6 heteroatoms. The molecule has 0 fully saturated rings. The first-order valence-corrected chi connectivity index (χ1v) is 6.81. The normalized spacial score (nSPS) is 14.7. The van der Waals surface area contributed by atoms with Gasteiger partial charge in [0, 0.05) is 7.05 Å². The maximum atomic E-state index is 12.0. The molecular formula is C14H27NO5. The van der Waals surface area contributed by atoms with E-state index in [9.17, 15) is 14.7 Å². The summed E-state index contributed by atoms with van der Waals surface area (Å²) in [6, 6.07) is -1.08. The van der Waals surface area contributed by atoms with Gasteiger partial charge in [-0.05, 0) is 33.6 Å². The van der Waals surface area contributed by atoms with Crippen molar-refractivity contribution in [3.05, 3.63) is 0 Å². The van der Waals surface area contributed by atoms with Crippen molar-refractivity contribution in [1.29, 1.82) is 0 Å². The van der Waals surface area contributed by atoms with Gasteiger partial charge < -0.3 is 14.6 Å². The lowest BCUT2D eigenvalue weighted by Gasteiger charge is -2.33. The van der Waals surface area contributed by atoms with Gasteiger partial charge in [0.05, 0.1) is 12.7 Å². The number of amides is 1. The number of hydrogen-bond donors (Lipinski definition) is 1. The summed E-state index contributed by atoms with van der Waals surface area (Å²) >= 11 is 0. The fourth-order valence-electron chi connectivity index (χ4n) is 1.57. The zero-order valence-corrected chi connectivity index (χ0v) is 13.5. The molecule has 118 valence electrons. The van der Waals surface area contributed by atoms with Crippen LogP contribution >= 0.6 is 0 Å². The minimum Gasteiger partial charge on any atom is -0.464 e. The quantitative estimate of drug-likeness (QED) is 0.781. The van der Waals surface area contributed by atoms with E-state index in [-0.39, 0.29) is 12.5 Å². The van der Waals surface area contributed by atoms with Gasteiger partial charge in [-0.3, -0.25) is 4.90 Å². The molecule has 0 rings (SSSR count). The third-order valence-corrected chi connectivity index (χ3v) is 2.63. The number of ether oxygens (including phenoxy) is 2. The zero-order chi connectivity index (χ0) is 16.1. The molecule has 0 spiro atoms. The lowest BCUT2D eigenvalue weighted by molar-refractivity contribution is -0.154. The molecule has 0 saturated heterocycles. The van der Waals surface area contributed by atoms with Crippen LogP contribution in [0.2, 0.25) is 0 Å². The van der Waals surface area contributed by atoms with Crippen molar-refractivity contribution >= 4 is 12.1 Å². The molecule has 0 aliphatic carbocycles. The van der Waals surface area contributed by atoms with Crippen LogP contribution in [-0.4, -0.2) is 53.5 Å². The van der Waals surface area contributed by atoms with E-state index < -0.39 is 29.8 Å². The van der Waals surface area contributed by atoms with Crippen LogP contribution in [-0.2, 0) is 14.3 Å². The summed E-state index contributed by atoms with van der Waals surface area (Å²) in [7, 11) is 1.42. The van der Waals surface area contributed by atoms with E-state index in [1.165, 1.54) is 7.05 Å². The van der Waals surface area contributed by atoms with Gasteiger partial charge in [-0.15, -0.1) is 0 Å². The third-order valence-electron chi connectivity index (χ3n) is 2.63. The van der Waals surface area contributed by atoms with Crippen molar-refractivity contribution in [2.45, 2.75) is 59.3 Å². The van der Waals surface area contributed by atoms with Gasteiger partial charge in [0.1, 0.15) is 5.60 Å². The van der Waals surface area contributed by atoms with Gasteiger partial charge >= 0.3 is 12.1 Å². The molecule has 0 radical (unpaired) electrons. The summed E-state index contributed by atoms with van der Waals surface area (Å²) in [6.45, 7) is 10.6. The average Bonchev–Trinajstić information content (AvgIpc) is 2.26. The van der Waals surface area contributed by atoms with Crippen molar-refractivity contribution in [2.24, 2.45) is 5.92 Å². The number of carbonyl (C=O) groups excluding carboxylic acids is 2. The third kappa shape index (κ3) is 5.77. The van der Waals surface area contributed by atoms with Crippen LogP contribution in [0.25, 0.3) is 0 Å². The van der Waals surface area contributed by atoms with Crippen LogP contribution in [0.4, 0.5) is 4.79 Å². The fourth-order valence-corrected chi connectivity index (χ4v) is 1.57. The van der Waals surface area contributed by atoms with Crippen LogP contribution in [0.3, 0.4) is 0 Å². The van der Waals surface area contributed by atoms with Gasteiger partial charge in [-0.25, -0.2) is 9.59 Å². The lowest BCUT2D eigenvalue weighted by Crippen LogP contribution is -2.53. The molecule has 2 atom stereocenters. The first kappa shape index (κ1) is 18.7. The van der Waals surface area contributed by atoms with E-state index in [4.69, 9.17) is 9.47 Å². The molecule has 6 nitrogen and oxygen atoms in total. The summed E-state index contributed by atoms with van der Waals surface area (Å²) in [4.78, 5) is 25.1. The van der Waals surface area contributed by atoms with Crippen LogP contribution in [0.5, 0.6) is 0 Å². The molecule has 0 unspecified atom stereocenters. The molecule has 0 aliphatic heterocycles. The first-order chi connectivity index (χ1) is 9.01. The van der Waals surface area contributed by atoms with Gasteiger partial charge in [0.2, 0.25) is 0 Å². The zero-order valence-electron chi connectivity index (χ0n) is 13.5. The number of hydrogen-bond acceptors (Lipinski definition) is 5. The Balaban J connectivity index is 5.11. The second kappa shape index (κ2) is 7.47. The van der Waals surface area contributed by atoms with Crippen molar-refractivity contribution in [2.75, 3.05) is 13.7 Å². The van der Waals surface area contributed by atoms with Gasteiger partial charge in [0.25, 0.3) is 0 Å². The minimum atomic E-state index is -1.08. The van der Waals surface area contributed by atoms with E-state index in [2.05, 4.69) is 0 Å². The molecule has 1 N–H and O–H groups in total. The van der Waals surface area contributed by atoms with Gasteiger partial charge in [-0.1, -0.05) is 13.8 Å². The molecule has 0 aromatic rings. The summed E-state index contributed by atoms with van der Waals surface area (Å²) < 4.78 is 10.1. The molecule has 0 aromatic carbocycles. The maximum absolute atomic E-state index is 12.0. The molecular weight excluding hydrogens is 262 g/mol. The second-order valence-corrected chi connectivity index (χ2v) is 6.02. The SMILES string of the molecule is CCOC(=O)[C@H]([C@@H](O)C(C)C)N(C)C(=O)OC(C)(C)C. The summed E-state index contributed by atoms with van der Waals surface area (Å²) in [5.41, 5.74) is -0.673. The molecule has 20 heavy (non-hydrogen) atoms. The molecule has 0 aromatic heterocycles. The van der Waals surface area contributed by atoms with E-state index in [0.717, 1.165) is 4.90 Å². The summed E-state index contributed by atoms with van der Waals surface area (Å²) in [5.74, 6) is -0.837. The highest BCUT2D eigenvalue weighted by molar-refractivity contribution is 5.82. The Morgan fingerprint density at radius 1 is 1.25 bits per heavy atom. The van der Waals surface area contributed by atoms with Crippen molar-refractivity contribution in [3.8, 4) is 0 Å². The lowest BCUT2D eigenvalue weighted by atomic mass is 9.99. The van der Waals surface area contributed by atoms with Crippen LogP contribution in [0.1, 0.15) is 41.5 Å². The Labute approximate surface area is 121 Å². The number of carbonyl (C=O) groups is 2. The Kier molecular flexibility index (Phi) is 6.99. The van der Waals surface area contributed by atoms with E-state index in [0.29, 0.717) is 0 Å². The smallest absolute Gasteiger partial charge is 0.410 e. The highest BCUT2D eigenvalue weighted by Gasteiger charge is 2.38. The van der Waals surface area contributed by atoms with Crippen LogP contribution in [0, 0.1) is 5.92 Å². The van der Waals surface area contributed by atoms with Crippen LogP contribution in [0.15, 0.2) is 0 Å². The molecule has 0 aliphatic rings. The van der Waals surface area contributed by atoms with E-state index in [1.807, 2.05) is 0 Å². The Hall–Kier alpha value is -1.30. The summed E-state index contributed by atoms with van der Waals surface area (Å²) in [6.07, 6.45) is -1.69. The van der Waals surface area contributed by atoms with Crippen molar-refractivity contribution in [1.82, 2.24) is 4.90 Å². The number of aliphatic hydroxyl groups excluding tert-OH is 1. The molecule has 1 amide bonds. The highest BCUT2D eigenvalue weighted by atomic mass is 16.6. The van der Waals surface area contributed by atoms with E-state index >= 15 is 0 Å². The average molecular weight is 289 g/mol. The topological polar surface area (TPSA) is 76.1 Å². The standard InChI is InChI=1S/C14H27NO5/c1-8-19-12(17)10(11(16)9(2)3)15(7)13(18)20-14(4,5)6/h9-11,16H,8H2,1-7H3/t10-,11-/m0/s1. The van der Waals surface area contributed by atoms with Gasteiger partial charge in [0.15, 0.2) is 6.04 Å². The highest BCUT2D eigenvalue weighted by Crippen LogP contribution is 2.17. The number of likely N-dealkylation sites (N-methyl/N-ethyl adjacent to an activating group) is 1. The Morgan fingerprint density at radius 2 is 1.75 bits per heavy atom. The van der Waals surface area contributed by atoms with Crippen LogP contribution < -0.4 is 0 Å². The monoisotopic (exact) mass is 289 g/mol. The van der Waals surface area contributed by atoms with E-state index in [1.54, 1.807) is 41.5 Å². The number of esters is 1. The maximum Gasteiger partial charge on any atom is 0.410 e. The minimum absolute atomic E-state index is 0.183. The predicted molar refractivity (Wildman–Crippen MR) is 75.3 cm³/mol.